The van der Waals surface area contributed by atoms with Crippen molar-refractivity contribution in [1.82, 2.24) is 4.31 Å². The number of carbonyl (C=O) groups is 2. The number of nitro benzene ring substituents is 1. The van der Waals surface area contributed by atoms with E-state index in [1.54, 1.807) is 0 Å². The Morgan fingerprint density at radius 3 is 2.47 bits per heavy atom. The molecule has 0 unspecified atom stereocenters. The molecule has 0 saturated carbocycles. The fourth-order valence-electron chi connectivity index (χ4n) is 3.22. The Bertz CT molecular complexity index is 1150. The Morgan fingerprint density at radius 1 is 1.12 bits per heavy atom. The normalized spacial score (nSPS) is 14.5. The second-order valence-electron chi connectivity index (χ2n) is 7.01. The van der Waals surface area contributed by atoms with Gasteiger partial charge in [-0.3, -0.25) is 14.9 Å². The van der Waals surface area contributed by atoms with Gasteiger partial charge >= 0.3 is 5.97 Å². The van der Waals surface area contributed by atoms with Crippen molar-refractivity contribution in [3.05, 3.63) is 63.2 Å². The van der Waals surface area contributed by atoms with Gasteiger partial charge in [0.15, 0.2) is 6.61 Å². The average Bonchev–Trinajstić information content (AvgIpc) is 2.79. The number of hydrogen-bond acceptors (Lipinski definition) is 7. The lowest BCUT2D eigenvalue weighted by Gasteiger charge is -2.26. The molecule has 0 aromatic heterocycles. The highest BCUT2D eigenvalue weighted by molar-refractivity contribution is 7.89. The van der Waals surface area contributed by atoms with Crippen LogP contribution in [0.4, 0.5) is 11.4 Å². The maximum Gasteiger partial charge on any atom is 0.340 e. The van der Waals surface area contributed by atoms with Gasteiger partial charge in [-0.2, -0.15) is 4.31 Å². The Kier molecular flexibility index (Phi) is 7.44. The van der Waals surface area contributed by atoms with E-state index < -0.39 is 33.4 Å². The largest absolute Gasteiger partial charge is 0.452 e. The third-order valence-corrected chi connectivity index (χ3v) is 7.08. The smallest absolute Gasteiger partial charge is 0.340 e. The van der Waals surface area contributed by atoms with Crippen molar-refractivity contribution >= 4 is 44.9 Å². The van der Waals surface area contributed by atoms with Crippen LogP contribution in [0, 0.1) is 10.1 Å². The van der Waals surface area contributed by atoms with Gasteiger partial charge in [0, 0.05) is 25.2 Å². The number of amides is 1. The molecule has 1 saturated heterocycles. The summed E-state index contributed by atoms with van der Waals surface area (Å²) in [5, 5.41) is 13.1. The zero-order valence-corrected chi connectivity index (χ0v) is 18.4. The molecular formula is C20H20ClN3O7S. The Morgan fingerprint density at radius 2 is 1.81 bits per heavy atom. The molecule has 1 aliphatic heterocycles. The van der Waals surface area contributed by atoms with Gasteiger partial charge in [0.2, 0.25) is 10.0 Å². The molecule has 10 nitrogen and oxygen atoms in total. The summed E-state index contributed by atoms with van der Waals surface area (Å²) in [7, 11) is -3.88. The lowest BCUT2D eigenvalue weighted by Crippen LogP contribution is -2.36. The number of rotatable bonds is 7. The third-order valence-electron chi connectivity index (χ3n) is 4.81. The van der Waals surface area contributed by atoms with Crippen LogP contribution in [0.25, 0.3) is 0 Å². The molecule has 0 radical (unpaired) electrons. The topological polar surface area (TPSA) is 136 Å². The molecule has 1 fully saturated rings. The van der Waals surface area contributed by atoms with Crippen LogP contribution in [0.15, 0.2) is 47.4 Å². The van der Waals surface area contributed by atoms with Gasteiger partial charge in [0.1, 0.15) is 0 Å². The third kappa shape index (κ3) is 5.42. The molecule has 0 bridgehead atoms. The zero-order valence-electron chi connectivity index (χ0n) is 16.8. The molecule has 0 atom stereocenters. The molecular weight excluding hydrogens is 462 g/mol. The fraction of sp³-hybridized carbons (Fsp3) is 0.300. The van der Waals surface area contributed by atoms with E-state index >= 15 is 0 Å². The van der Waals surface area contributed by atoms with Crippen LogP contribution in [0.1, 0.15) is 29.6 Å². The molecule has 12 heteroatoms. The van der Waals surface area contributed by atoms with E-state index in [1.165, 1.54) is 34.6 Å². The van der Waals surface area contributed by atoms with E-state index in [-0.39, 0.29) is 26.9 Å². The number of piperidine rings is 1. The highest BCUT2D eigenvalue weighted by atomic mass is 35.5. The molecule has 1 aliphatic rings. The summed E-state index contributed by atoms with van der Waals surface area (Å²) in [5.74, 6) is -1.71. The van der Waals surface area contributed by atoms with Crippen molar-refractivity contribution in [2.24, 2.45) is 0 Å². The molecule has 1 N–H and O–H groups in total. The van der Waals surface area contributed by atoms with Crippen LogP contribution in [-0.4, -0.2) is 49.2 Å². The van der Waals surface area contributed by atoms with Gasteiger partial charge in [-0.15, -0.1) is 0 Å². The standard InChI is InChI=1S/C20H20ClN3O7S/c21-16-12-14(24(27)28)8-9-17(16)22-19(25)13-31-20(26)15-6-2-3-7-18(15)32(29,30)23-10-4-1-5-11-23/h2-3,6-9,12H,1,4-5,10-11,13H2,(H,22,25). The summed E-state index contributed by atoms with van der Waals surface area (Å²) in [4.78, 5) is 34.6. The van der Waals surface area contributed by atoms with Gasteiger partial charge in [-0.25, -0.2) is 13.2 Å². The lowest BCUT2D eigenvalue weighted by molar-refractivity contribution is -0.384. The van der Waals surface area contributed by atoms with Gasteiger partial charge in [0.25, 0.3) is 11.6 Å². The number of halogens is 1. The van der Waals surface area contributed by atoms with Gasteiger partial charge in [-0.05, 0) is 31.0 Å². The first kappa shape index (κ1) is 23.6. The average molecular weight is 482 g/mol. The van der Waals surface area contributed by atoms with Crippen LogP contribution in [-0.2, 0) is 19.6 Å². The predicted octanol–water partition coefficient (Wildman–Crippen LogP) is 3.22. The Balaban J connectivity index is 1.68. The SMILES string of the molecule is O=C(COC(=O)c1ccccc1S(=O)(=O)N1CCCCC1)Nc1ccc([N+](=O)[O-])cc1Cl. The summed E-state index contributed by atoms with van der Waals surface area (Å²) in [6.45, 7) is 0.0540. The number of nitrogens with zero attached hydrogens (tertiary/aromatic N) is 2. The maximum atomic E-state index is 13.0. The van der Waals surface area contributed by atoms with Crippen molar-refractivity contribution < 1.29 is 27.7 Å². The predicted molar refractivity (Wildman–Crippen MR) is 116 cm³/mol. The van der Waals surface area contributed by atoms with E-state index in [0.717, 1.165) is 31.4 Å². The minimum atomic E-state index is -3.88. The number of nitro groups is 1. The molecule has 170 valence electrons. The molecule has 1 heterocycles. The molecule has 0 spiro atoms. The fourth-order valence-corrected chi connectivity index (χ4v) is 5.14. The molecule has 3 rings (SSSR count). The van der Waals surface area contributed by atoms with Crippen LogP contribution in [0.5, 0.6) is 0 Å². The van der Waals surface area contributed by atoms with E-state index in [2.05, 4.69) is 5.32 Å². The maximum absolute atomic E-state index is 13.0. The monoisotopic (exact) mass is 481 g/mol. The first-order valence-corrected chi connectivity index (χ1v) is 11.5. The molecule has 1 amide bonds. The number of nitrogens with one attached hydrogen (secondary N) is 1. The summed E-state index contributed by atoms with van der Waals surface area (Å²) in [5.41, 5.74) is -0.309. The van der Waals surface area contributed by atoms with Crippen molar-refractivity contribution in [2.45, 2.75) is 24.2 Å². The summed E-state index contributed by atoms with van der Waals surface area (Å²) >= 11 is 5.92. The first-order valence-electron chi connectivity index (χ1n) is 9.70. The number of ether oxygens (including phenoxy) is 1. The van der Waals surface area contributed by atoms with Gasteiger partial charge < -0.3 is 10.1 Å². The van der Waals surface area contributed by atoms with Crippen LogP contribution >= 0.6 is 11.6 Å². The molecule has 32 heavy (non-hydrogen) atoms. The number of sulfonamides is 1. The Labute approximate surface area is 189 Å². The number of esters is 1. The quantitative estimate of drug-likeness (QED) is 0.364. The molecule has 2 aromatic rings. The van der Waals surface area contributed by atoms with Crippen molar-refractivity contribution in [3.8, 4) is 0 Å². The number of anilines is 1. The second-order valence-corrected chi connectivity index (χ2v) is 9.32. The highest BCUT2D eigenvalue weighted by Crippen LogP contribution is 2.27. The van der Waals surface area contributed by atoms with Gasteiger partial charge in [0.05, 0.1) is 26.1 Å². The second kappa shape index (κ2) is 10.1. The Hall–Kier alpha value is -3.02. The van der Waals surface area contributed by atoms with Crippen LogP contribution in [0.2, 0.25) is 5.02 Å². The molecule has 0 aliphatic carbocycles. The summed E-state index contributed by atoms with van der Waals surface area (Å²) in [6, 6.07) is 9.15. The van der Waals surface area contributed by atoms with Crippen LogP contribution in [0.3, 0.4) is 0 Å². The first-order chi connectivity index (χ1) is 15.2. The van der Waals surface area contributed by atoms with Crippen molar-refractivity contribution in [1.29, 1.82) is 0 Å². The minimum absolute atomic E-state index is 0.0585. The number of hydrogen-bond donors (Lipinski definition) is 1. The number of carbonyl (C=O) groups excluding carboxylic acids is 2. The van der Waals surface area contributed by atoms with E-state index in [4.69, 9.17) is 16.3 Å². The van der Waals surface area contributed by atoms with E-state index in [9.17, 15) is 28.1 Å². The highest BCUT2D eigenvalue weighted by Gasteiger charge is 2.30. The van der Waals surface area contributed by atoms with Crippen molar-refractivity contribution in [3.63, 3.8) is 0 Å². The zero-order chi connectivity index (χ0) is 23.3. The van der Waals surface area contributed by atoms with E-state index in [0.29, 0.717) is 13.1 Å². The van der Waals surface area contributed by atoms with E-state index in [1.807, 2.05) is 0 Å². The van der Waals surface area contributed by atoms with Gasteiger partial charge in [-0.1, -0.05) is 30.2 Å². The minimum Gasteiger partial charge on any atom is -0.452 e. The summed E-state index contributed by atoms with van der Waals surface area (Å²) < 4.78 is 32.3. The molecule has 2 aromatic carbocycles. The number of non-ortho nitro benzene ring substituents is 1. The summed E-state index contributed by atoms with van der Waals surface area (Å²) in [6.07, 6.45) is 2.44. The van der Waals surface area contributed by atoms with Crippen molar-refractivity contribution in [2.75, 3.05) is 25.0 Å². The van der Waals surface area contributed by atoms with Crippen LogP contribution < -0.4 is 5.32 Å². The lowest BCUT2D eigenvalue weighted by atomic mass is 10.2. The number of benzene rings is 2.